The Hall–Kier alpha value is -2.62. The third-order valence-electron chi connectivity index (χ3n) is 6.60. The first-order chi connectivity index (χ1) is 19.6. The Kier molecular flexibility index (Phi) is 22.4. The maximum atomic E-state index is 5.67. The van der Waals surface area contributed by atoms with Crippen LogP contribution in [0, 0.1) is 5.92 Å². The lowest BCUT2D eigenvalue weighted by Crippen LogP contribution is -2.07. The maximum Gasteiger partial charge on any atom is 0.119 e. The van der Waals surface area contributed by atoms with Gasteiger partial charge in [0.15, 0.2) is 0 Å². The van der Waals surface area contributed by atoms with Crippen LogP contribution in [0.2, 0.25) is 0 Å². The zero-order valence-electron chi connectivity index (χ0n) is 26.0. The van der Waals surface area contributed by atoms with Crippen molar-refractivity contribution in [3.8, 4) is 16.9 Å². The highest BCUT2D eigenvalue weighted by Crippen LogP contribution is 2.17. The number of para-hydroxylation sites is 1. The molecule has 3 aromatic carbocycles. The Morgan fingerprint density at radius 1 is 0.500 bits per heavy atom. The molecule has 0 N–H and O–H groups in total. The van der Waals surface area contributed by atoms with Gasteiger partial charge in [0.25, 0.3) is 0 Å². The number of hydrogen-bond acceptors (Lipinski definition) is 3. The second-order valence-electron chi connectivity index (χ2n) is 10.5. The van der Waals surface area contributed by atoms with E-state index in [2.05, 4.69) is 83.1 Å². The fraction of sp³-hybridized carbons (Fsp3) is 0.514. The molecule has 0 aliphatic heterocycles. The summed E-state index contributed by atoms with van der Waals surface area (Å²) >= 11 is 0. The molecule has 0 fully saturated rings. The molecular weight excluding hydrogens is 492 g/mol. The van der Waals surface area contributed by atoms with Crippen molar-refractivity contribution in [3.05, 3.63) is 91.0 Å². The number of unbranched alkanes of at least 4 members (excludes halogenated alkanes) is 5. The summed E-state index contributed by atoms with van der Waals surface area (Å²) in [6, 6.07) is 30.7. The van der Waals surface area contributed by atoms with Gasteiger partial charge in [-0.2, -0.15) is 0 Å². The molecule has 3 aromatic rings. The van der Waals surface area contributed by atoms with Gasteiger partial charge in [0.1, 0.15) is 12.4 Å². The average Bonchev–Trinajstić information content (AvgIpc) is 3.01. The standard InChI is InChI=1S/C20H34O3.C12H10.C5H12/c1-3-19(2)22-16-12-7-5-4-6-11-15-21-17-18-23-20-13-9-8-10-14-20;1-3-7-11(8-4-1)12-9-5-2-6-10-12;1-4-5(2)3/h8-10,13-14,19H,3-7,11-12,15-18H2,1-2H3;1-10H;5H,4H2,1-3H3. The highest BCUT2D eigenvalue weighted by atomic mass is 16.5. The van der Waals surface area contributed by atoms with Crippen LogP contribution in [0.4, 0.5) is 0 Å². The van der Waals surface area contributed by atoms with Crippen molar-refractivity contribution in [3.63, 3.8) is 0 Å². The van der Waals surface area contributed by atoms with Gasteiger partial charge in [0.2, 0.25) is 0 Å². The van der Waals surface area contributed by atoms with E-state index >= 15 is 0 Å². The van der Waals surface area contributed by atoms with Crippen molar-refractivity contribution in [2.45, 2.75) is 92.1 Å². The second kappa shape index (κ2) is 25.4. The van der Waals surface area contributed by atoms with Gasteiger partial charge in [-0.05, 0) is 55.4 Å². The second-order valence-corrected chi connectivity index (χ2v) is 10.5. The maximum absolute atomic E-state index is 5.67. The molecule has 1 atom stereocenters. The lowest BCUT2D eigenvalue weighted by molar-refractivity contribution is 0.0607. The van der Waals surface area contributed by atoms with Gasteiger partial charge in [-0.3, -0.25) is 0 Å². The summed E-state index contributed by atoms with van der Waals surface area (Å²) in [6.45, 7) is 14.0. The monoisotopic (exact) mass is 548 g/mol. The Labute approximate surface area is 246 Å². The topological polar surface area (TPSA) is 27.7 Å². The van der Waals surface area contributed by atoms with Gasteiger partial charge in [-0.25, -0.2) is 0 Å². The Bertz CT molecular complexity index is 859. The summed E-state index contributed by atoms with van der Waals surface area (Å²) in [5.41, 5.74) is 2.55. The number of hydrogen-bond donors (Lipinski definition) is 0. The van der Waals surface area contributed by atoms with Crippen molar-refractivity contribution >= 4 is 0 Å². The molecule has 0 aliphatic carbocycles. The molecular formula is C37H56O3. The summed E-state index contributed by atoms with van der Waals surface area (Å²) in [5.74, 6) is 1.79. The molecule has 0 saturated heterocycles. The number of rotatable bonds is 17. The summed E-state index contributed by atoms with van der Waals surface area (Å²) in [7, 11) is 0. The SMILES string of the molecule is CCC(C)C.CCC(C)OCCCCCCCCOCCOc1ccccc1.c1ccc(-c2ccccc2)cc1. The highest BCUT2D eigenvalue weighted by Gasteiger charge is 1.98. The van der Waals surface area contributed by atoms with Crippen molar-refractivity contribution in [1.82, 2.24) is 0 Å². The van der Waals surface area contributed by atoms with Crippen LogP contribution in [0.15, 0.2) is 91.0 Å². The molecule has 0 aromatic heterocycles. The first kappa shape index (κ1) is 35.4. The molecule has 0 radical (unpaired) electrons. The van der Waals surface area contributed by atoms with Gasteiger partial charge >= 0.3 is 0 Å². The predicted octanol–water partition coefficient (Wildman–Crippen LogP) is 10.6. The molecule has 1 unspecified atom stereocenters. The highest BCUT2D eigenvalue weighted by molar-refractivity contribution is 5.62. The average molecular weight is 549 g/mol. The minimum atomic E-state index is 0.415. The van der Waals surface area contributed by atoms with E-state index in [-0.39, 0.29) is 0 Å². The van der Waals surface area contributed by atoms with Gasteiger partial charge in [0, 0.05) is 13.2 Å². The third kappa shape index (κ3) is 20.3. The quantitative estimate of drug-likeness (QED) is 0.157. The van der Waals surface area contributed by atoms with Crippen molar-refractivity contribution in [2.24, 2.45) is 5.92 Å². The molecule has 0 aliphatic rings. The summed E-state index contributed by atoms with van der Waals surface area (Å²) < 4.78 is 16.8. The molecule has 0 heterocycles. The van der Waals surface area contributed by atoms with E-state index in [0.29, 0.717) is 19.3 Å². The Morgan fingerprint density at radius 2 is 0.950 bits per heavy atom. The lowest BCUT2D eigenvalue weighted by atomic mass is 10.1. The van der Waals surface area contributed by atoms with Crippen LogP contribution < -0.4 is 4.74 Å². The smallest absolute Gasteiger partial charge is 0.119 e. The van der Waals surface area contributed by atoms with Crippen LogP contribution in [0.25, 0.3) is 11.1 Å². The zero-order chi connectivity index (χ0) is 29.1. The fourth-order valence-corrected chi connectivity index (χ4v) is 3.51. The first-order valence-electron chi connectivity index (χ1n) is 15.5. The molecule has 222 valence electrons. The fourth-order valence-electron chi connectivity index (χ4n) is 3.51. The Morgan fingerprint density at radius 3 is 1.43 bits per heavy atom. The molecule has 0 amide bonds. The minimum Gasteiger partial charge on any atom is -0.491 e. The van der Waals surface area contributed by atoms with E-state index in [0.717, 1.165) is 37.7 Å². The predicted molar refractivity (Wildman–Crippen MR) is 173 cm³/mol. The lowest BCUT2D eigenvalue weighted by Gasteiger charge is -2.10. The van der Waals surface area contributed by atoms with Crippen LogP contribution in [0.3, 0.4) is 0 Å². The largest absolute Gasteiger partial charge is 0.491 e. The normalized spacial score (nSPS) is 11.2. The van der Waals surface area contributed by atoms with E-state index in [4.69, 9.17) is 14.2 Å². The zero-order valence-corrected chi connectivity index (χ0v) is 26.0. The van der Waals surface area contributed by atoms with Gasteiger partial charge in [-0.1, -0.05) is 139 Å². The van der Waals surface area contributed by atoms with E-state index < -0.39 is 0 Å². The Balaban J connectivity index is 0.000000386. The van der Waals surface area contributed by atoms with E-state index in [9.17, 15) is 0 Å². The summed E-state index contributed by atoms with van der Waals surface area (Å²) in [4.78, 5) is 0. The van der Waals surface area contributed by atoms with Crippen LogP contribution >= 0.6 is 0 Å². The minimum absolute atomic E-state index is 0.415. The van der Waals surface area contributed by atoms with Crippen LogP contribution in [0.5, 0.6) is 5.75 Å². The van der Waals surface area contributed by atoms with Crippen LogP contribution in [0.1, 0.15) is 86.0 Å². The molecule has 40 heavy (non-hydrogen) atoms. The summed E-state index contributed by atoms with van der Waals surface area (Å²) in [6.07, 6.45) is 10.3. The molecule has 0 spiro atoms. The molecule has 0 bridgehead atoms. The van der Waals surface area contributed by atoms with Gasteiger partial charge in [0.05, 0.1) is 12.7 Å². The van der Waals surface area contributed by atoms with Crippen molar-refractivity contribution in [2.75, 3.05) is 26.4 Å². The van der Waals surface area contributed by atoms with E-state index in [1.54, 1.807) is 0 Å². The van der Waals surface area contributed by atoms with Crippen molar-refractivity contribution < 1.29 is 14.2 Å². The van der Waals surface area contributed by atoms with Gasteiger partial charge in [-0.15, -0.1) is 0 Å². The van der Waals surface area contributed by atoms with E-state index in [1.165, 1.54) is 49.7 Å². The molecule has 3 nitrogen and oxygen atoms in total. The van der Waals surface area contributed by atoms with Crippen molar-refractivity contribution in [1.29, 1.82) is 0 Å². The first-order valence-corrected chi connectivity index (χ1v) is 15.5. The van der Waals surface area contributed by atoms with E-state index in [1.807, 2.05) is 42.5 Å². The summed E-state index contributed by atoms with van der Waals surface area (Å²) in [5, 5.41) is 0. The third-order valence-corrected chi connectivity index (χ3v) is 6.60. The molecule has 3 rings (SSSR count). The molecule has 3 heteroatoms. The molecule has 0 saturated carbocycles. The number of benzene rings is 3. The number of ether oxygens (including phenoxy) is 3. The van der Waals surface area contributed by atoms with Crippen LogP contribution in [-0.4, -0.2) is 32.5 Å². The van der Waals surface area contributed by atoms with Crippen LogP contribution in [-0.2, 0) is 9.47 Å². The van der Waals surface area contributed by atoms with Gasteiger partial charge < -0.3 is 14.2 Å².